The molecular formula is C24H29F3N4O8S. The number of halogens is 3. The van der Waals surface area contributed by atoms with Crippen LogP contribution >= 0.6 is 0 Å². The van der Waals surface area contributed by atoms with Crippen LogP contribution in [-0.2, 0) is 23.3 Å². The van der Waals surface area contributed by atoms with Crippen molar-refractivity contribution in [2.24, 2.45) is 12.8 Å². The Morgan fingerprint density at radius 1 is 1.15 bits per heavy atom. The molecular weight excluding hydrogens is 561 g/mol. The number of hydrogen-bond donors (Lipinski definition) is 5. The largest absolute Gasteiger partial charge is 0.507 e. The molecule has 0 unspecified atom stereocenters. The molecule has 16 heteroatoms. The van der Waals surface area contributed by atoms with Gasteiger partial charge in [-0.05, 0) is 42.5 Å². The molecule has 1 amide bonds. The Kier molecular flexibility index (Phi) is 11.3. The first-order valence-corrected chi connectivity index (χ1v) is 13.3. The average molecular weight is 591 g/mol. The summed E-state index contributed by atoms with van der Waals surface area (Å²) in [4.78, 5) is 14.9. The van der Waals surface area contributed by atoms with Crippen molar-refractivity contribution in [3.8, 4) is 28.6 Å². The van der Waals surface area contributed by atoms with E-state index in [0.29, 0.717) is 29.9 Å². The number of imidazole rings is 1. The molecule has 40 heavy (non-hydrogen) atoms. The molecule has 0 saturated carbocycles. The molecule has 0 radical (unpaired) electrons. The molecule has 0 aliphatic rings. The minimum atomic E-state index is -4.52. The van der Waals surface area contributed by atoms with Crippen molar-refractivity contribution in [1.29, 1.82) is 0 Å². The van der Waals surface area contributed by atoms with E-state index in [0.717, 1.165) is 6.20 Å². The van der Waals surface area contributed by atoms with Gasteiger partial charge in [-0.25, -0.2) is 4.98 Å². The van der Waals surface area contributed by atoms with E-state index >= 15 is 0 Å². The van der Waals surface area contributed by atoms with Crippen molar-refractivity contribution >= 4 is 16.0 Å². The number of carbonyl (C=O) groups excluding carboxylic acids is 1. The van der Waals surface area contributed by atoms with Gasteiger partial charge in [-0.3, -0.25) is 9.35 Å². The van der Waals surface area contributed by atoms with Gasteiger partial charge in [0.15, 0.2) is 5.69 Å². The van der Waals surface area contributed by atoms with E-state index in [1.807, 2.05) is 0 Å². The number of nitrogens with two attached hydrogens (primary N) is 1. The number of nitrogens with zero attached hydrogens (tertiary/aromatic N) is 2. The first kappa shape index (κ1) is 32.4. The van der Waals surface area contributed by atoms with Crippen LogP contribution in [-0.4, -0.2) is 77.3 Å². The highest BCUT2D eigenvalue weighted by molar-refractivity contribution is 7.85. The molecule has 0 aliphatic carbocycles. The number of aliphatic hydroxyl groups is 1. The van der Waals surface area contributed by atoms with Crippen LogP contribution in [0.3, 0.4) is 0 Å². The molecule has 0 fully saturated rings. The third kappa shape index (κ3) is 11.1. The smallest absolute Gasteiger partial charge is 0.434 e. The van der Waals surface area contributed by atoms with Gasteiger partial charge >= 0.3 is 6.18 Å². The fraction of sp³-hybridized carbons (Fsp3) is 0.333. The van der Waals surface area contributed by atoms with Crippen LogP contribution in [0.25, 0.3) is 11.4 Å². The van der Waals surface area contributed by atoms with Gasteiger partial charge in [0, 0.05) is 31.9 Å². The molecule has 12 nitrogen and oxygen atoms in total. The molecule has 1 atom stereocenters. The lowest BCUT2D eigenvalue weighted by molar-refractivity contribution is -0.140. The zero-order valence-electron chi connectivity index (χ0n) is 21.4. The average Bonchev–Trinajstić information content (AvgIpc) is 3.25. The Labute approximate surface area is 227 Å². The Morgan fingerprint density at radius 2 is 1.75 bits per heavy atom. The van der Waals surface area contributed by atoms with E-state index in [9.17, 15) is 36.6 Å². The number of rotatable bonds is 11. The molecule has 1 aromatic heterocycles. The highest BCUT2D eigenvalue weighted by atomic mass is 32.2. The minimum absolute atomic E-state index is 0.00619. The Hall–Kier alpha value is -3.86. The standard InChI is InChI=1S/C23H25F3N4O5.CH4O3S/c1-30-12-20(23(24,25)26)29-22(30)14-2-4-16(5-3-14)35-13-15(31)11-28-8-9-34-17-6-7-19(32)18(10-17)21(27)33;1-5(2,3)4/h2-7,10,12,15,28,31-32H,8-9,11,13H2,1H3,(H2,27,33);1H3,(H,2,3,4)/t15-;/m1./s1. The maximum atomic E-state index is 12.8. The fourth-order valence-electron chi connectivity index (χ4n) is 3.13. The lowest BCUT2D eigenvalue weighted by atomic mass is 10.2. The van der Waals surface area contributed by atoms with Crippen LogP contribution in [0, 0.1) is 0 Å². The lowest BCUT2D eigenvalue weighted by Crippen LogP contribution is -2.33. The minimum Gasteiger partial charge on any atom is -0.507 e. The number of aromatic nitrogens is 2. The number of amides is 1. The van der Waals surface area contributed by atoms with E-state index in [4.69, 9.17) is 19.8 Å². The van der Waals surface area contributed by atoms with Gasteiger partial charge in [0.1, 0.15) is 42.4 Å². The molecule has 220 valence electrons. The summed E-state index contributed by atoms with van der Waals surface area (Å²) in [6.45, 7) is 0.841. The van der Waals surface area contributed by atoms with Crippen LogP contribution in [0.1, 0.15) is 16.1 Å². The van der Waals surface area contributed by atoms with Gasteiger partial charge < -0.3 is 35.3 Å². The van der Waals surface area contributed by atoms with Crippen molar-refractivity contribution in [3.05, 3.63) is 59.9 Å². The van der Waals surface area contributed by atoms with Gasteiger partial charge in [-0.2, -0.15) is 21.6 Å². The monoisotopic (exact) mass is 590 g/mol. The Balaban J connectivity index is 0.00000103. The number of nitrogens with one attached hydrogen (secondary N) is 1. The molecule has 0 bridgehead atoms. The zero-order valence-corrected chi connectivity index (χ0v) is 22.2. The summed E-state index contributed by atoms with van der Waals surface area (Å²) in [7, 11) is -2.18. The molecule has 6 N–H and O–H groups in total. The number of primary amides is 1. The Bertz CT molecular complexity index is 1370. The van der Waals surface area contributed by atoms with Crippen LogP contribution in [0.5, 0.6) is 17.2 Å². The fourth-order valence-corrected chi connectivity index (χ4v) is 3.13. The molecule has 3 rings (SSSR count). The second-order valence-corrected chi connectivity index (χ2v) is 9.84. The van der Waals surface area contributed by atoms with Crippen LogP contribution < -0.4 is 20.5 Å². The number of aromatic hydroxyl groups is 1. The molecule has 0 aliphatic heterocycles. The van der Waals surface area contributed by atoms with Crippen LogP contribution in [0.2, 0.25) is 0 Å². The molecule has 0 saturated heterocycles. The summed E-state index contributed by atoms with van der Waals surface area (Å²) < 4.78 is 76.7. The number of benzene rings is 2. The third-order valence-corrected chi connectivity index (χ3v) is 4.88. The number of carbonyl (C=O) groups is 1. The highest BCUT2D eigenvalue weighted by Gasteiger charge is 2.34. The van der Waals surface area contributed by atoms with Crippen molar-refractivity contribution in [2.45, 2.75) is 12.3 Å². The summed E-state index contributed by atoms with van der Waals surface area (Å²) in [5.41, 5.74) is 4.66. The number of hydrogen-bond acceptors (Lipinski definition) is 9. The topological polar surface area (TPSA) is 186 Å². The van der Waals surface area contributed by atoms with E-state index < -0.39 is 34.0 Å². The number of aliphatic hydroxyl groups excluding tert-OH is 1. The maximum Gasteiger partial charge on any atom is 0.434 e. The molecule has 2 aromatic carbocycles. The van der Waals surface area contributed by atoms with E-state index in [2.05, 4.69) is 10.3 Å². The van der Waals surface area contributed by atoms with Gasteiger partial charge in [-0.15, -0.1) is 0 Å². The van der Waals surface area contributed by atoms with E-state index in [1.165, 1.54) is 29.8 Å². The normalized spacial score (nSPS) is 12.3. The summed E-state index contributed by atoms with van der Waals surface area (Å²) in [5, 5.41) is 22.6. The summed E-state index contributed by atoms with van der Waals surface area (Å²) in [6, 6.07) is 10.5. The SMILES string of the molecule is CS(=O)(=O)O.Cn1cc(C(F)(F)F)nc1-c1ccc(OC[C@H](O)CNCCOc2ccc(O)c(C(N)=O)c2)cc1. The van der Waals surface area contributed by atoms with Crippen molar-refractivity contribution < 1.29 is 50.6 Å². The lowest BCUT2D eigenvalue weighted by Gasteiger charge is -2.14. The van der Waals surface area contributed by atoms with E-state index in [-0.39, 0.29) is 36.9 Å². The van der Waals surface area contributed by atoms with Gasteiger partial charge in [0.05, 0.1) is 11.8 Å². The van der Waals surface area contributed by atoms with Gasteiger partial charge in [-0.1, -0.05) is 0 Å². The van der Waals surface area contributed by atoms with Crippen molar-refractivity contribution in [3.63, 3.8) is 0 Å². The predicted octanol–water partition coefficient (Wildman–Crippen LogP) is 1.82. The number of ether oxygens (including phenoxy) is 2. The molecule has 0 spiro atoms. The first-order chi connectivity index (χ1) is 18.5. The number of alkyl halides is 3. The van der Waals surface area contributed by atoms with Gasteiger partial charge in [0.25, 0.3) is 16.0 Å². The van der Waals surface area contributed by atoms with Crippen molar-refractivity contribution in [1.82, 2.24) is 14.9 Å². The quantitative estimate of drug-likeness (QED) is 0.163. The second-order valence-electron chi connectivity index (χ2n) is 8.38. The summed E-state index contributed by atoms with van der Waals surface area (Å²) >= 11 is 0. The number of phenols is 1. The van der Waals surface area contributed by atoms with Crippen LogP contribution in [0.15, 0.2) is 48.7 Å². The van der Waals surface area contributed by atoms with Crippen LogP contribution in [0.4, 0.5) is 13.2 Å². The van der Waals surface area contributed by atoms with Gasteiger partial charge in [0.2, 0.25) is 0 Å². The summed E-state index contributed by atoms with van der Waals surface area (Å²) in [5.74, 6) is -0.0117. The van der Waals surface area contributed by atoms with Crippen molar-refractivity contribution in [2.75, 3.05) is 32.6 Å². The molecule has 3 aromatic rings. The maximum absolute atomic E-state index is 12.8. The molecule has 1 heterocycles. The number of aryl methyl sites for hydroxylation is 1. The first-order valence-electron chi connectivity index (χ1n) is 11.4. The zero-order chi connectivity index (χ0) is 30.1. The Morgan fingerprint density at radius 3 is 2.30 bits per heavy atom. The third-order valence-electron chi connectivity index (χ3n) is 4.88. The summed E-state index contributed by atoms with van der Waals surface area (Å²) in [6.07, 6.45) is -3.70. The van der Waals surface area contributed by atoms with E-state index in [1.54, 1.807) is 24.3 Å². The highest BCUT2D eigenvalue weighted by Crippen LogP contribution is 2.31. The predicted molar refractivity (Wildman–Crippen MR) is 138 cm³/mol. The second kappa shape index (κ2) is 14.0.